The Hall–Kier alpha value is -1.59. The number of aryl methyl sites for hydroxylation is 2. The van der Waals surface area contributed by atoms with E-state index in [0.29, 0.717) is 0 Å². The standard InChI is InChI=1S/C17H23BN2O2/c1-12-11-13(2)20(19-12)15-9-7-14(8-10-15)18-21-16(3,4)17(5,6)22-18/h7-11H,1-6H3. The summed E-state index contributed by atoms with van der Waals surface area (Å²) in [5, 5.41) is 4.51. The van der Waals surface area contributed by atoms with Crippen LogP contribution >= 0.6 is 0 Å². The van der Waals surface area contributed by atoms with Crippen molar-refractivity contribution in [3.05, 3.63) is 41.7 Å². The maximum absolute atomic E-state index is 6.08. The highest BCUT2D eigenvalue weighted by molar-refractivity contribution is 6.62. The second-order valence-corrected chi connectivity index (χ2v) is 7.02. The molecule has 1 aromatic heterocycles. The molecule has 1 aliphatic rings. The Morgan fingerprint density at radius 3 is 1.95 bits per heavy atom. The molecule has 1 aliphatic heterocycles. The van der Waals surface area contributed by atoms with Gasteiger partial charge in [0.1, 0.15) is 0 Å². The maximum atomic E-state index is 6.08. The van der Waals surface area contributed by atoms with Gasteiger partial charge in [0, 0.05) is 5.69 Å². The lowest BCUT2D eigenvalue weighted by atomic mass is 9.79. The van der Waals surface area contributed by atoms with Gasteiger partial charge in [-0.3, -0.25) is 0 Å². The first-order valence-corrected chi connectivity index (χ1v) is 7.69. The second kappa shape index (κ2) is 4.96. The molecule has 0 saturated carbocycles. The second-order valence-electron chi connectivity index (χ2n) is 7.02. The zero-order valence-electron chi connectivity index (χ0n) is 14.2. The highest BCUT2D eigenvalue weighted by Gasteiger charge is 2.51. The predicted octanol–water partition coefficient (Wildman–Crippen LogP) is 2.79. The molecule has 0 unspecified atom stereocenters. The molecule has 0 N–H and O–H groups in total. The summed E-state index contributed by atoms with van der Waals surface area (Å²) in [5.41, 5.74) is 3.60. The minimum Gasteiger partial charge on any atom is -0.399 e. The van der Waals surface area contributed by atoms with E-state index in [-0.39, 0.29) is 18.3 Å². The maximum Gasteiger partial charge on any atom is 0.494 e. The van der Waals surface area contributed by atoms with Crippen molar-refractivity contribution in [1.82, 2.24) is 9.78 Å². The molecule has 0 spiro atoms. The molecule has 2 heterocycles. The molecular weight excluding hydrogens is 275 g/mol. The van der Waals surface area contributed by atoms with Crippen LogP contribution in [0.3, 0.4) is 0 Å². The first kappa shape index (κ1) is 15.3. The molecule has 116 valence electrons. The van der Waals surface area contributed by atoms with Gasteiger partial charge in [-0.25, -0.2) is 4.68 Å². The molecule has 4 nitrogen and oxygen atoms in total. The topological polar surface area (TPSA) is 36.3 Å². The van der Waals surface area contributed by atoms with Gasteiger partial charge in [0.25, 0.3) is 0 Å². The van der Waals surface area contributed by atoms with E-state index in [1.807, 2.05) is 23.7 Å². The van der Waals surface area contributed by atoms with Crippen molar-refractivity contribution < 1.29 is 9.31 Å². The van der Waals surface area contributed by atoms with Crippen LogP contribution in [-0.4, -0.2) is 28.1 Å². The zero-order chi connectivity index (χ0) is 16.1. The van der Waals surface area contributed by atoms with Crippen LogP contribution in [0, 0.1) is 13.8 Å². The van der Waals surface area contributed by atoms with Crippen LogP contribution in [0.1, 0.15) is 39.1 Å². The van der Waals surface area contributed by atoms with Crippen molar-refractivity contribution in [1.29, 1.82) is 0 Å². The molecule has 0 aliphatic carbocycles. The van der Waals surface area contributed by atoms with E-state index in [0.717, 1.165) is 22.5 Å². The number of hydrogen-bond acceptors (Lipinski definition) is 3. The van der Waals surface area contributed by atoms with Gasteiger partial charge in [-0.15, -0.1) is 0 Å². The lowest BCUT2D eigenvalue weighted by Gasteiger charge is -2.32. The monoisotopic (exact) mass is 298 g/mol. The van der Waals surface area contributed by atoms with Gasteiger partial charge in [-0.05, 0) is 65.2 Å². The van der Waals surface area contributed by atoms with Gasteiger partial charge < -0.3 is 9.31 Å². The Morgan fingerprint density at radius 2 is 1.50 bits per heavy atom. The summed E-state index contributed by atoms with van der Waals surface area (Å²) in [6, 6.07) is 10.3. The first-order valence-electron chi connectivity index (χ1n) is 7.69. The van der Waals surface area contributed by atoms with E-state index in [2.05, 4.69) is 57.9 Å². The van der Waals surface area contributed by atoms with Crippen LogP contribution in [0.2, 0.25) is 0 Å². The van der Waals surface area contributed by atoms with E-state index >= 15 is 0 Å². The van der Waals surface area contributed by atoms with Gasteiger partial charge in [0.05, 0.1) is 22.6 Å². The fourth-order valence-corrected chi connectivity index (χ4v) is 2.64. The summed E-state index contributed by atoms with van der Waals surface area (Å²) >= 11 is 0. The number of benzene rings is 1. The normalized spacial score (nSPS) is 19.6. The van der Waals surface area contributed by atoms with E-state index in [9.17, 15) is 0 Å². The Labute approximate surface area is 132 Å². The Morgan fingerprint density at radius 1 is 0.955 bits per heavy atom. The van der Waals surface area contributed by atoms with Crippen molar-refractivity contribution >= 4 is 12.6 Å². The fourth-order valence-electron chi connectivity index (χ4n) is 2.64. The van der Waals surface area contributed by atoms with Crippen LogP contribution < -0.4 is 5.46 Å². The molecule has 1 saturated heterocycles. The van der Waals surface area contributed by atoms with Gasteiger partial charge in [-0.2, -0.15) is 5.10 Å². The highest BCUT2D eigenvalue weighted by atomic mass is 16.7. The minimum absolute atomic E-state index is 0.313. The summed E-state index contributed by atoms with van der Waals surface area (Å²) in [5.74, 6) is 0. The van der Waals surface area contributed by atoms with E-state index in [4.69, 9.17) is 9.31 Å². The van der Waals surface area contributed by atoms with Crippen LogP contribution in [0.5, 0.6) is 0 Å². The molecule has 22 heavy (non-hydrogen) atoms. The van der Waals surface area contributed by atoms with Crippen molar-refractivity contribution in [3.63, 3.8) is 0 Å². The number of rotatable bonds is 2. The van der Waals surface area contributed by atoms with Gasteiger partial charge in [-0.1, -0.05) is 12.1 Å². The summed E-state index contributed by atoms with van der Waals surface area (Å²) in [6.07, 6.45) is 0. The zero-order valence-corrected chi connectivity index (χ0v) is 14.2. The average Bonchev–Trinajstić information content (AvgIpc) is 2.86. The predicted molar refractivity (Wildman–Crippen MR) is 88.8 cm³/mol. The summed E-state index contributed by atoms with van der Waals surface area (Å²) in [7, 11) is -0.320. The van der Waals surface area contributed by atoms with E-state index < -0.39 is 0 Å². The number of aromatic nitrogens is 2. The minimum atomic E-state index is -0.320. The third-order valence-corrected chi connectivity index (χ3v) is 4.67. The smallest absolute Gasteiger partial charge is 0.399 e. The molecule has 1 aromatic carbocycles. The summed E-state index contributed by atoms with van der Waals surface area (Å²) < 4.78 is 14.1. The van der Waals surface area contributed by atoms with Crippen LogP contribution in [0.15, 0.2) is 30.3 Å². The molecule has 5 heteroatoms. The quantitative estimate of drug-likeness (QED) is 0.800. The molecule has 0 atom stereocenters. The molecule has 0 amide bonds. The van der Waals surface area contributed by atoms with Gasteiger partial charge in [0.2, 0.25) is 0 Å². The summed E-state index contributed by atoms with van der Waals surface area (Å²) in [4.78, 5) is 0. The lowest BCUT2D eigenvalue weighted by molar-refractivity contribution is 0.00578. The molecule has 3 rings (SSSR count). The van der Waals surface area contributed by atoms with Gasteiger partial charge >= 0.3 is 7.12 Å². The molecule has 2 aromatic rings. The third-order valence-electron chi connectivity index (χ3n) is 4.67. The van der Waals surface area contributed by atoms with Gasteiger partial charge in [0.15, 0.2) is 0 Å². The fraction of sp³-hybridized carbons (Fsp3) is 0.471. The SMILES string of the molecule is Cc1cc(C)n(-c2ccc(B3OC(C)(C)C(C)(C)O3)cc2)n1. The first-order chi connectivity index (χ1) is 10.2. The van der Waals surface area contributed by atoms with Crippen LogP contribution in [0.4, 0.5) is 0 Å². The highest BCUT2D eigenvalue weighted by Crippen LogP contribution is 2.36. The van der Waals surface area contributed by atoms with Crippen molar-refractivity contribution in [3.8, 4) is 5.69 Å². The summed E-state index contributed by atoms with van der Waals surface area (Å²) in [6.45, 7) is 12.3. The lowest BCUT2D eigenvalue weighted by Crippen LogP contribution is -2.41. The van der Waals surface area contributed by atoms with Crippen LogP contribution in [-0.2, 0) is 9.31 Å². The van der Waals surface area contributed by atoms with Crippen molar-refractivity contribution in [2.24, 2.45) is 0 Å². The molecule has 1 fully saturated rings. The largest absolute Gasteiger partial charge is 0.494 e. The molecule has 0 radical (unpaired) electrons. The average molecular weight is 298 g/mol. The van der Waals surface area contributed by atoms with Crippen molar-refractivity contribution in [2.45, 2.75) is 52.7 Å². The Bertz CT molecular complexity index is 673. The Balaban J connectivity index is 1.85. The third kappa shape index (κ3) is 2.48. The molecule has 0 bridgehead atoms. The van der Waals surface area contributed by atoms with Crippen LogP contribution in [0.25, 0.3) is 5.69 Å². The number of hydrogen-bond donors (Lipinski definition) is 0. The Kier molecular flexibility index (Phi) is 3.46. The molecular formula is C17H23BN2O2. The van der Waals surface area contributed by atoms with E-state index in [1.54, 1.807) is 0 Å². The number of nitrogens with zero attached hydrogens (tertiary/aromatic N) is 2. The van der Waals surface area contributed by atoms with E-state index in [1.165, 1.54) is 0 Å². The van der Waals surface area contributed by atoms with Crippen molar-refractivity contribution in [2.75, 3.05) is 0 Å².